The first-order chi connectivity index (χ1) is 9.88. The molecule has 0 bridgehead atoms. The molecule has 0 fully saturated rings. The highest BCUT2D eigenvalue weighted by molar-refractivity contribution is 5.99. The van der Waals surface area contributed by atoms with Crippen LogP contribution in [0.2, 0.25) is 0 Å². The van der Waals surface area contributed by atoms with Crippen molar-refractivity contribution in [2.75, 3.05) is 5.32 Å². The third-order valence-corrected chi connectivity index (χ3v) is 3.91. The Labute approximate surface area is 121 Å². The molecule has 0 amide bonds. The molecule has 0 aromatic heterocycles. The molecule has 1 heterocycles. The molecule has 0 saturated carbocycles. The average Bonchev–Trinajstić information content (AvgIpc) is 2.54. The number of fused-ring (bicyclic) bond motifs is 2. The molecule has 1 aliphatic rings. The first-order valence-electron chi connectivity index (χ1n) is 6.63. The monoisotopic (exact) mass is 289 g/mol. The van der Waals surface area contributed by atoms with E-state index in [9.17, 15) is 13.2 Å². The molecule has 2 aromatic carbocycles. The van der Waals surface area contributed by atoms with Gasteiger partial charge in [0.1, 0.15) is 0 Å². The second kappa shape index (κ2) is 4.65. The van der Waals surface area contributed by atoms with Gasteiger partial charge >= 0.3 is 6.18 Å². The van der Waals surface area contributed by atoms with Gasteiger partial charge in [-0.15, -0.1) is 0 Å². The van der Waals surface area contributed by atoms with Crippen LogP contribution in [-0.2, 0) is 6.18 Å². The van der Waals surface area contributed by atoms with Crippen LogP contribution >= 0.6 is 0 Å². The van der Waals surface area contributed by atoms with E-state index in [1.54, 1.807) is 0 Å². The fraction of sp³-hybridized carbons (Fsp3) is 0.176. The van der Waals surface area contributed by atoms with Crippen molar-refractivity contribution in [1.29, 1.82) is 0 Å². The molecule has 1 N–H and O–H groups in total. The molecule has 0 unspecified atom stereocenters. The van der Waals surface area contributed by atoms with Gasteiger partial charge in [0.05, 0.1) is 5.56 Å². The number of nitrogens with one attached hydrogen (secondary N) is 1. The molecule has 21 heavy (non-hydrogen) atoms. The summed E-state index contributed by atoms with van der Waals surface area (Å²) in [7, 11) is 0. The second-order valence-electron chi connectivity index (χ2n) is 5.18. The van der Waals surface area contributed by atoms with Gasteiger partial charge in [0.25, 0.3) is 0 Å². The maximum Gasteiger partial charge on any atom is 0.416 e. The van der Waals surface area contributed by atoms with Crippen molar-refractivity contribution < 1.29 is 13.2 Å². The van der Waals surface area contributed by atoms with Crippen LogP contribution in [0.4, 0.5) is 24.5 Å². The van der Waals surface area contributed by atoms with Gasteiger partial charge in [-0.05, 0) is 43.2 Å². The minimum atomic E-state index is -4.34. The van der Waals surface area contributed by atoms with Crippen LogP contribution in [0.25, 0.3) is 11.1 Å². The Kier molecular flexibility index (Phi) is 3.04. The number of rotatable bonds is 0. The number of anilines is 2. The Hall–Kier alpha value is -2.23. The molecule has 2 aromatic rings. The third kappa shape index (κ3) is 2.31. The topological polar surface area (TPSA) is 12.0 Å². The fourth-order valence-electron chi connectivity index (χ4n) is 2.62. The van der Waals surface area contributed by atoms with Crippen LogP contribution in [0.1, 0.15) is 30.5 Å². The number of alkyl halides is 3. The Morgan fingerprint density at radius 1 is 0.810 bits per heavy atom. The van der Waals surface area contributed by atoms with Crippen LogP contribution in [0, 0.1) is 0 Å². The van der Waals surface area contributed by atoms with E-state index in [1.165, 1.54) is 12.1 Å². The van der Waals surface area contributed by atoms with Crippen molar-refractivity contribution in [2.24, 2.45) is 0 Å². The summed E-state index contributed by atoms with van der Waals surface area (Å²) >= 11 is 0. The van der Waals surface area contributed by atoms with Crippen molar-refractivity contribution in [1.82, 2.24) is 0 Å². The molecular formula is C17H14F3N. The number of allylic oxidation sites excluding steroid dienone is 2. The Balaban J connectivity index is 2.24. The third-order valence-electron chi connectivity index (χ3n) is 3.91. The van der Waals surface area contributed by atoms with Crippen LogP contribution < -0.4 is 5.32 Å². The molecule has 0 saturated heterocycles. The highest BCUT2D eigenvalue weighted by Gasteiger charge is 2.31. The normalized spacial score (nSPS) is 14.1. The molecule has 3 rings (SSSR count). The molecule has 108 valence electrons. The van der Waals surface area contributed by atoms with E-state index in [2.05, 4.69) is 5.32 Å². The molecule has 1 aliphatic heterocycles. The predicted octanol–water partition coefficient (Wildman–Crippen LogP) is 5.71. The lowest BCUT2D eigenvalue weighted by Crippen LogP contribution is -2.06. The molecule has 1 nitrogen and oxygen atoms in total. The SMILES string of the molecule is CC1=C(C)c2ccc(C(F)(F)F)cc2Nc2ccccc21. The molecular weight excluding hydrogens is 275 g/mol. The molecule has 0 radical (unpaired) electrons. The average molecular weight is 289 g/mol. The van der Waals surface area contributed by atoms with Gasteiger partial charge in [-0.25, -0.2) is 0 Å². The first-order valence-corrected chi connectivity index (χ1v) is 6.63. The molecule has 0 atom stereocenters. The summed E-state index contributed by atoms with van der Waals surface area (Å²) in [5, 5.41) is 3.13. The minimum Gasteiger partial charge on any atom is -0.355 e. The fourth-order valence-corrected chi connectivity index (χ4v) is 2.62. The van der Waals surface area contributed by atoms with Gasteiger partial charge in [0, 0.05) is 22.5 Å². The van der Waals surface area contributed by atoms with Gasteiger partial charge < -0.3 is 5.32 Å². The van der Waals surface area contributed by atoms with Gasteiger partial charge in [0.2, 0.25) is 0 Å². The van der Waals surface area contributed by atoms with Gasteiger partial charge in [-0.1, -0.05) is 24.3 Å². The number of benzene rings is 2. The van der Waals surface area contributed by atoms with E-state index in [4.69, 9.17) is 0 Å². The number of hydrogen-bond acceptors (Lipinski definition) is 1. The zero-order valence-corrected chi connectivity index (χ0v) is 11.7. The predicted molar refractivity (Wildman–Crippen MR) is 79.3 cm³/mol. The van der Waals surface area contributed by atoms with Crippen molar-refractivity contribution >= 4 is 22.5 Å². The lowest BCUT2D eigenvalue weighted by atomic mass is 9.96. The largest absolute Gasteiger partial charge is 0.416 e. The summed E-state index contributed by atoms with van der Waals surface area (Å²) in [6.07, 6.45) is -4.34. The quantitative estimate of drug-likeness (QED) is 0.654. The second-order valence-corrected chi connectivity index (χ2v) is 5.18. The van der Waals surface area contributed by atoms with Crippen molar-refractivity contribution in [3.63, 3.8) is 0 Å². The lowest BCUT2D eigenvalue weighted by molar-refractivity contribution is -0.137. The summed E-state index contributed by atoms with van der Waals surface area (Å²) in [6, 6.07) is 11.5. The lowest BCUT2D eigenvalue weighted by Gasteiger charge is -2.14. The highest BCUT2D eigenvalue weighted by atomic mass is 19.4. The first kappa shape index (κ1) is 13.7. The summed E-state index contributed by atoms with van der Waals surface area (Å²) in [6.45, 7) is 3.92. The molecule has 0 aliphatic carbocycles. The number of hydrogen-bond donors (Lipinski definition) is 1. The highest BCUT2D eigenvalue weighted by Crippen LogP contribution is 2.41. The van der Waals surface area contributed by atoms with Gasteiger partial charge in [0.15, 0.2) is 0 Å². The van der Waals surface area contributed by atoms with Crippen LogP contribution in [0.15, 0.2) is 42.5 Å². The van der Waals surface area contributed by atoms with Gasteiger partial charge in [-0.2, -0.15) is 13.2 Å². The number of para-hydroxylation sites is 1. The van der Waals surface area contributed by atoms with Crippen molar-refractivity contribution in [3.05, 3.63) is 59.2 Å². The molecule has 4 heteroatoms. The Morgan fingerprint density at radius 2 is 1.43 bits per heavy atom. The Bertz CT molecular complexity index is 742. The Morgan fingerprint density at radius 3 is 2.10 bits per heavy atom. The minimum absolute atomic E-state index is 0.492. The van der Waals surface area contributed by atoms with E-state index in [-0.39, 0.29) is 0 Å². The summed E-state index contributed by atoms with van der Waals surface area (Å²) in [5.41, 5.74) is 4.54. The number of halogens is 3. The van der Waals surface area contributed by atoms with Crippen LogP contribution in [0.5, 0.6) is 0 Å². The summed E-state index contributed by atoms with van der Waals surface area (Å²) in [5.74, 6) is 0. The maximum atomic E-state index is 12.9. The van der Waals surface area contributed by atoms with E-state index >= 15 is 0 Å². The van der Waals surface area contributed by atoms with Crippen LogP contribution in [-0.4, -0.2) is 0 Å². The van der Waals surface area contributed by atoms with Crippen molar-refractivity contribution in [2.45, 2.75) is 20.0 Å². The summed E-state index contributed by atoms with van der Waals surface area (Å²) < 4.78 is 38.7. The maximum absolute atomic E-state index is 12.9. The molecule has 0 spiro atoms. The zero-order chi connectivity index (χ0) is 15.2. The zero-order valence-electron chi connectivity index (χ0n) is 11.7. The van der Waals surface area contributed by atoms with E-state index in [0.29, 0.717) is 5.69 Å². The van der Waals surface area contributed by atoms with E-state index in [1.807, 2.05) is 38.1 Å². The standard InChI is InChI=1S/C17H14F3N/c1-10-11(2)14-8-7-12(17(18,19)20)9-16(14)21-15-6-4-3-5-13(10)15/h3-9,21H,1-2H3. The summed E-state index contributed by atoms with van der Waals surface area (Å²) in [4.78, 5) is 0. The van der Waals surface area contributed by atoms with Crippen LogP contribution in [0.3, 0.4) is 0 Å². The van der Waals surface area contributed by atoms with E-state index in [0.717, 1.165) is 34.0 Å². The van der Waals surface area contributed by atoms with Gasteiger partial charge in [-0.3, -0.25) is 0 Å². The van der Waals surface area contributed by atoms with E-state index < -0.39 is 11.7 Å². The smallest absolute Gasteiger partial charge is 0.355 e. The van der Waals surface area contributed by atoms with Crippen molar-refractivity contribution in [3.8, 4) is 0 Å².